The lowest BCUT2D eigenvalue weighted by Crippen LogP contribution is -2.29. The van der Waals surface area contributed by atoms with E-state index in [0.29, 0.717) is 11.9 Å². The number of hydrogen-bond donors (Lipinski definition) is 2. The monoisotopic (exact) mass is 217 g/mol. The maximum absolute atomic E-state index is 12.0. The number of allylic oxidation sites excluding steroid dienone is 1. The number of para-hydroxylation sites is 1. The van der Waals surface area contributed by atoms with Gasteiger partial charge in [-0.2, -0.15) is 13.2 Å². The summed E-state index contributed by atoms with van der Waals surface area (Å²) >= 11 is 0. The SMILES string of the molecule is N/C(=C\N(N)c1ccccc1)C(F)(F)F. The highest BCUT2D eigenvalue weighted by Crippen LogP contribution is 2.22. The quantitative estimate of drug-likeness (QED) is 0.586. The van der Waals surface area contributed by atoms with Gasteiger partial charge < -0.3 is 5.73 Å². The van der Waals surface area contributed by atoms with E-state index in [-0.39, 0.29) is 0 Å². The van der Waals surface area contributed by atoms with Gasteiger partial charge in [0.25, 0.3) is 0 Å². The Balaban J connectivity index is 2.84. The molecule has 1 aromatic rings. The minimum atomic E-state index is -4.56. The number of rotatable bonds is 2. The Hall–Kier alpha value is -1.69. The van der Waals surface area contributed by atoms with Crippen molar-refractivity contribution in [3.8, 4) is 0 Å². The fraction of sp³-hybridized carbons (Fsp3) is 0.111. The molecular weight excluding hydrogens is 207 g/mol. The Labute approximate surface area is 84.7 Å². The molecule has 15 heavy (non-hydrogen) atoms. The van der Waals surface area contributed by atoms with E-state index < -0.39 is 11.9 Å². The van der Waals surface area contributed by atoms with E-state index in [9.17, 15) is 13.2 Å². The van der Waals surface area contributed by atoms with Gasteiger partial charge in [-0.25, -0.2) is 5.84 Å². The number of hydrazine groups is 1. The lowest BCUT2D eigenvalue weighted by Gasteiger charge is -2.15. The second kappa shape index (κ2) is 4.22. The van der Waals surface area contributed by atoms with E-state index in [1.165, 1.54) is 0 Å². The van der Waals surface area contributed by atoms with Gasteiger partial charge in [0.2, 0.25) is 0 Å². The lowest BCUT2D eigenvalue weighted by atomic mass is 10.3. The van der Waals surface area contributed by atoms with Crippen LogP contribution in [0, 0.1) is 0 Å². The summed E-state index contributed by atoms with van der Waals surface area (Å²) in [5.74, 6) is 5.37. The molecule has 0 aliphatic heterocycles. The Morgan fingerprint density at radius 3 is 2.20 bits per heavy atom. The van der Waals surface area contributed by atoms with Crippen molar-refractivity contribution in [2.24, 2.45) is 11.6 Å². The van der Waals surface area contributed by atoms with Gasteiger partial charge in [0.1, 0.15) is 5.70 Å². The number of halogens is 3. The largest absolute Gasteiger partial charge is 0.432 e. The van der Waals surface area contributed by atoms with Crippen LogP contribution >= 0.6 is 0 Å². The second-order valence-corrected chi connectivity index (χ2v) is 2.83. The Morgan fingerprint density at radius 2 is 1.73 bits per heavy atom. The van der Waals surface area contributed by atoms with Crippen LogP contribution in [0.5, 0.6) is 0 Å². The number of nitrogens with zero attached hydrogens (tertiary/aromatic N) is 1. The number of nitrogens with two attached hydrogens (primary N) is 2. The van der Waals surface area contributed by atoms with Gasteiger partial charge >= 0.3 is 6.18 Å². The van der Waals surface area contributed by atoms with Crippen LogP contribution in [-0.4, -0.2) is 6.18 Å². The molecule has 6 heteroatoms. The molecule has 1 rings (SSSR count). The van der Waals surface area contributed by atoms with Crippen molar-refractivity contribution in [2.45, 2.75) is 6.18 Å². The lowest BCUT2D eigenvalue weighted by molar-refractivity contribution is -0.0928. The molecule has 1 aromatic carbocycles. The maximum Gasteiger partial charge on any atom is 0.432 e. The molecule has 0 saturated carbocycles. The highest BCUT2D eigenvalue weighted by atomic mass is 19.4. The third kappa shape index (κ3) is 3.17. The highest BCUT2D eigenvalue weighted by molar-refractivity contribution is 5.47. The van der Waals surface area contributed by atoms with Crippen molar-refractivity contribution in [3.05, 3.63) is 42.2 Å². The van der Waals surface area contributed by atoms with Crippen LogP contribution in [-0.2, 0) is 0 Å². The van der Waals surface area contributed by atoms with Crippen molar-refractivity contribution < 1.29 is 13.2 Å². The van der Waals surface area contributed by atoms with Crippen LogP contribution in [0.1, 0.15) is 0 Å². The van der Waals surface area contributed by atoms with Gasteiger partial charge in [-0.05, 0) is 12.1 Å². The van der Waals surface area contributed by atoms with E-state index in [0.717, 1.165) is 5.01 Å². The molecule has 0 saturated heterocycles. The first-order chi connectivity index (χ1) is 6.91. The molecule has 0 aliphatic carbocycles. The van der Waals surface area contributed by atoms with Gasteiger partial charge in [0.05, 0.1) is 5.69 Å². The molecule has 4 N–H and O–H groups in total. The first kappa shape index (κ1) is 11.4. The van der Waals surface area contributed by atoms with E-state index >= 15 is 0 Å². The topological polar surface area (TPSA) is 55.3 Å². The fourth-order valence-corrected chi connectivity index (χ4v) is 0.898. The van der Waals surface area contributed by atoms with Gasteiger partial charge in [0, 0.05) is 6.20 Å². The Bertz CT molecular complexity index is 345. The first-order valence-electron chi connectivity index (χ1n) is 4.04. The molecule has 0 heterocycles. The predicted molar refractivity (Wildman–Crippen MR) is 51.4 cm³/mol. The van der Waals surface area contributed by atoms with E-state index in [1.54, 1.807) is 30.3 Å². The summed E-state index contributed by atoms with van der Waals surface area (Å²) in [5.41, 5.74) is 3.98. The summed E-state index contributed by atoms with van der Waals surface area (Å²) in [4.78, 5) is 0. The van der Waals surface area contributed by atoms with Crippen LogP contribution in [0.3, 0.4) is 0 Å². The maximum atomic E-state index is 12.0. The number of hydrogen-bond acceptors (Lipinski definition) is 3. The molecule has 0 amide bonds. The third-order valence-electron chi connectivity index (χ3n) is 1.66. The summed E-state index contributed by atoms with van der Waals surface area (Å²) in [6.45, 7) is 0. The van der Waals surface area contributed by atoms with Crippen molar-refractivity contribution in [3.63, 3.8) is 0 Å². The zero-order valence-corrected chi connectivity index (χ0v) is 7.70. The summed E-state index contributed by atoms with van der Waals surface area (Å²) in [6.07, 6.45) is -3.93. The molecule has 3 nitrogen and oxygen atoms in total. The van der Waals surface area contributed by atoms with Crippen molar-refractivity contribution in [1.82, 2.24) is 0 Å². The van der Waals surface area contributed by atoms with Crippen LogP contribution in [0.25, 0.3) is 0 Å². The summed E-state index contributed by atoms with van der Waals surface area (Å²) in [7, 11) is 0. The van der Waals surface area contributed by atoms with Gasteiger partial charge in [-0.3, -0.25) is 5.01 Å². The van der Waals surface area contributed by atoms with E-state index in [4.69, 9.17) is 11.6 Å². The summed E-state index contributed by atoms with van der Waals surface area (Å²) in [6, 6.07) is 8.19. The van der Waals surface area contributed by atoms with Crippen molar-refractivity contribution in [1.29, 1.82) is 0 Å². The fourth-order valence-electron chi connectivity index (χ4n) is 0.898. The number of alkyl halides is 3. The minimum absolute atomic E-state index is 0.421. The van der Waals surface area contributed by atoms with Gasteiger partial charge in [0.15, 0.2) is 0 Å². The number of anilines is 1. The van der Waals surface area contributed by atoms with Crippen LogP contribution < -0.4 is 16.6 Å². The Kier molecular flexibility index (Phi) is 3.21. The molecule has 0 aliphatic rings. The molecule has 0 unspecified atom stereocenters. The molecule has 0 aromatic heterocycles. The Morgan fingerprint density at radius 1 is 1.20 bits per heavy atom. The number of benzene rings is 1. The zero-order chi connectivity index (χ0) is 11.5. The molecule has 0 spiro atoms. The third-order valence-corrected chi connectivity index (χ3v) is 1.66. The second-order valence-electron chi connectivity index (χ2n) is 2.83. The minimum Gasteiger partial charge on any atom is -0.393 e. The van der Waals surface area contributed by atoms with E-state index in [2.05, 4.69) is 0 Å². The van der Waals surface area contributed by atoms with Crippen LogP contribution in [0.4, 0.5) is 18.9 Å². The van der Waals surface area contributed by atoms with E-state index in [1.807, 2.05) is 0 Å². The van der Waals surface area contributed by atoms with Gasteiger partial charge in [-0.1, -0.05) is 18.2 Å². The van der Waals surface area contributed by atoms with Crippen molar-refractivity contribution in [2.75, 3.05) is 5.01 Å². The smallest absolute Gasteiger partial charge is 0.393 e. The normalized spacial score (nSPS) is 12.7. The average Bonchev–Trinajstić information content (AvgIpc) is 2.17. The van der Waals surface area contributed by atoms with Gasteiger partial charge in [-0.15, -0.1) is 0 Å². The molecule has 0 fully saturated rings. The first-order valence-corrected chi connectivity index (χ1v) is 4.04. The van der Waals surface area contributed by atoms with Crippen LogP contribution in [0.2, 0.25) is 0 Å². The molecular formula is C9H10F3N3. The van der Waals surface area contributed by atoms with Crippen LogP contribution in [0.15, 0.2) is 42.2 Å². The highest BCUT2D eigenvalue weighted by Gasteiger charge is 2.31. The molecule has 0 atom stereocenters. The standard InChI is InChI=1S/C9H10F3N3/c10-9(11,12)8(13)6-15(14)7-4-2-1-3-5-7/h1-6H,13-14H2/b8-6-. The zero-order valence-electron chi connectivity index (χ0n) is 7.70. The molecule has 0 bridgehead atoms. The summed E-state index contributed by atoms with van der Waals surface area (Å²) in [5, 5.41) is 0.822. The average molecular weight is 217 g/mol. The molecule has 82 valence electrons. The summed E-state index contributed by atoms with van der Waals surface area (Å²) < 4.78 is 36.1. The predicted octanol–water partition coefficient (Wildman–Crippen LogP) is 1.73. The van der Waals surface area contributed by atoms with Crippen molar-refractivity contribution >= 4 is 5.69 Å². The molecule has 0 radical (unpaired) electrons.